The summed E-state index contributed by atoms with van der Waals surface area (Å²) in [5, 5.41) is 0. The van der Waals surface area contributed by atoms with Gasteiger partial charge in [0.05, 0.1) is 10.6 Å². The van der Waals surface area contributed by atoms with E-state index in [1.54, 1.807) is 18.2 Å². The van der Waals surface area contributed by atoms with E-state index in [-0.39, 0.29) is 16.1 Å². The molecule has 0 saturated heterocycles. The van der Waals surface area contributed by atoms with Crippen LogP contribution in [-0.4, -0.2) is 19.7 Å². The summed E-state index contributed by atoms with van der Waals surface area (Å²) < 4.78 is 22.6. The van der Waals surface area contributed by atoms with Gasteiger partial charge in [0.1, 0.15) is 0 Å². The minimum Gasteiger partial charge on any atom is -0.394 e. The summed E-state index contributed by atoms with van der Waals surface area (Å²) in [5.74, 6) is 0. The van der Waals surface area contributed by atoms with Crippen LogP contribution in [-0.2, 0) is 9.84 Å². The number of hydrogen-bond acceptors (Lipinski definition) is 4. The van der Waals surface area contributed by atoms with Crippen molar-refractivity contribution < 1.29 is 8.42 Å². The minimum atomic E-state index is -3.20. The number of pyridine rings is 1. The molecule has 0 aliphatic rings. The van der Waals surface area contributed by atoms with Gasteiger partial charge in [-0.15, -0.1) is 0 Å². The summed E-state index contributed by atoms with van der Waals surface area (Å²) in [6, 6.07) is 7.93. The van der Waals surface area contributed by atoms with Gasteiger partial charge in [0.2, 0.25) is 0 Å². The zero-order valence-electron chi connectivity index (χ0n) is 9.67. The Morgan fingerprint density at radius 2 is 1.72 bits per heavy atom. The molecule has 0 bridgehead atoms. The molecule has 2 aromatic rings. The predicted octanol–water partition coefficient (Wildman–Crippen LogP) is 1.03. The summed E-state index contributed by atoms with van der Waals surface area (Å²) in [6.45, 7) is 0. The molecule has 0 aliphatic heterocycles. The van der Waals surface area contributed by atoms with Crippen LogP contribution in [0.1, 0.15) is 0 Å². The predicted molar refractivity (Wildman–Crippen MR) is 70.0 cm³/mol. The van der Waals surface area contributed by atoms with Crippen LogP contribution < -0.4 is 11.3 Å². The van der Waals surface area contributed by atoms with Crippen LogP contribution in [0.3, 0.4) is 0 Å². The molecule has 0 aliphatic carbocycles. The molecule has 6 heteroatoms. The Morgan fingerprint density at radius 1 is 1.11 bits per heavy atom. The van der Waals surface area contributed by atoms with Crippen molar-refractivity contribution in [3.05, 3.63) is 46.9 Å². The first-order chi connectivity index (χ1) is 8.38. The normalized spacial score (nSPS) is 11.4. The highest BCUT2D eigenvalue weighted by Crippen LogP contribution is 2.21. The summed E-state index contributed by atoms with van der Waals surface area (Å²) in [4.78, 5) is 13.9. The summed E-state index contributed by atoms with van der Waals surface area (Å²) in [5.41, 5.74) is 6.81. The third kappa shape index (κ3) is 2.43. The number of nitrogen functional groups attached to an aromatic ring is 1. The zero-order valence-corrected chi connectivity index (χ0v) is 10.5. The quantitative estimate of drug-likeness (QED) is 0.847. The average Bonchev–Trinajstić information content (AvgIpc) is 2.32. The molecule has 94 valence electrons. The SMILES string of the molecule is CS(=O)(=O)c1ccc(-c2c[nH]c(=O)c(N)c2)cc1. The second-order valence-corrected chi connectivity index (χ2v) is 5.99. The first-order valence-electron chi connectivity index (χ1n) is 5.16. The van der Waals surface area contributed by atoms with Crippen LogP contribution in [0.15, 0.2) is 46.2 Å². The number of nitrogens with one attached hydrogen (secondary N) is 1. The van der Waals surface area contributed by atoms with Gasteiger partial charge in [-0.1, -0.05) is 12.1 Å². The number of H-pyrrole nitrogens is 1. The molecular formula is C12H12N2O3S. The van der Waals surface area contributed by atoms with Crippen molar-refractivity contribution in [1.82, 2.24) is 4.98 Å². The van der Waals surface area contributed by atoms with Crippen LogP contribution >= 0.6 is 0 Å². The number of hydrogen-bond donors (Lipinski definition) is 2. The molecule has 0 atom stereocenters. The van der Waals surface area contributed by atoms with Crippen LogP contribution in [0.2, 0.25) is 0 Å². The van der Waals surface area contributed by atoms with Crippen molar-refractivity contribution in [2.45, 2.75) is 4.90 Å². The lowest BCUT2D eigenvalue weighted by Crippen LogP contribution is -2.10. The van der Waals surface area contributed by atoms with Gasteiger partial charge in [0.15, 0.2) is 9.84 Å². The number of sulfone groups is 1. The van der Waals surface area contributed by atoms with Gasteiger partial charge in [-0.2, -0.15) is 0 Å². The second kappa shape index (κ2) is 4.30. The summed E-state index contributed by atoms with van der Waals surface area (Å²) >= 11 is 0. The van der Waals surface area contributed by atoms with E-state index < -0.39 is 9.84 Å². The Kier molecular flexibility index (Phi) is 2.96. The van der Waals surface area contributed by atoms with Crippen LogP contribution in [0, 0.1) is 0 Å². The standard InChI is InChI=1S/C12H12N2O3S/c1-18(16,17)10-4-2-8(3-5-10)9-6-11(13)12(15)14-7-9/h2-7H,13H2,1H3,(H,14,15). The number of anilines is 1. The van der Waals surface area contributed by atoms with E-state index in [0.717, 1.165) is 17.4 Å². The number of aromatic amines is 1. The molecular weight excluding hydrogens is 252 g/mol. The fourth-order valence-electron chi connectivity index (χ4n) is 1.56. The Bertz CT molecular complexity index is 731. The van der Waals surface area contributed by atoms with Gasteiger partial charge >= 0.3 is 0 Å². The van der Waals surface area contributed by atoms with Crippen molar-refractivity contribution in [2.24, 2.45) is 0 Å². The molecule has 1 aromatic carbocycles. The molecule has 5 nitrogen and oxygen atoms in total. The van der Waals surface area contributed by atoms with E-state index in [4.69, 9.17) is 5.73 Å². The molecule has 0 fully saturated rings. The number of aromatic nitrogens is 1. The summed E-state index contributed by atoms with van der Waals surface area (Å²) in [7, 11) is -3.20. The van der Waals surface area contributed by atoms with Crippen molar-refractivity contribution in [3.63, 3.8) is 0 Å². The Morgan fingerprint density at radius 3 is 2.22 bits per heavy atom. The minimum absolute atomic E-state index is 0.125. The van der Waals surface area contributed by atoms with E-state index in [9.17, 15) is 13.2 Å². The lowest BCUT2D eigenvalue weighted by Gasteiger charge is -2.04. The molecule has 2 rings (SSSR count). The fraction of sp³-hybridized carbons (Fsp3) is 0.0833. The van der Waals surface area contributed by atoms with E-state index in [0.29, 0.717) is 0 Å². The van der Waals surface area contributed by atoms with Crippen LogP contribution in [0.25, 0.3) is 11.1 Å². The highest BCUT2D eigenvalue weighted by molar-refractivity contribution is 7.90. The van der Waals surface area contributed by atoms with Crippen LogP contribution in [0.5, 0.6) is 0 Å². The first-order valence-corrected chi connectivity index (χ1v) is 7.06. The molecule has 0 amide bonds. The molecule has 0 unspecified atom stereocenters. The molecule has 3 N–H and O–H groups in total. The number of rotatable bonds is 2. The molecule has 18 heavy (non-hydrogen) atoms. The first kappa shape index (κ1) is 12.4. The maximum atomic E-state index is 11.3. The smallest absolute Gasteiger partial charge is 0.271 e. The van der Waals surface area contributed by atoms with Gasteiger partial charge in [-0.25, -0.2) is 8.42 Å². The van der Waals surface area contributed by atoms with Gasteiger partial charge in [-0.3, -0.25) is 4.79 Å². The maximum Gasteiger partial charge on any atom is 0.271 e. The molecule has 0 radical (unpaired) electrons. The van der Waals surface area contributed by atoms with Crippen molar-refractivity contribution in [3.8, 4) is 11.1 Å². The Labute approximate surface area is 104 Å². The van der Waals surface area contributed by atoms with Gasteiger partial charge in [-0.05, 0) is 23.8 Å². The summed E-state index contributed by atoms with van der Waals surface area (Å²) in [6.07, 6.45) is 2.69. The fourth-order valence-corrected chi connectivity index (χ4v) is 2.19. The van der Waals surface area contributed by atoms with Gasteiger partial charge < -0.3 is 10.7 Å². The maximum absolute atomic E-state index is 11.3. The van der Waals surface area contributed by atoms with Crippen molar-refractivity contribution >= 4 is 15.5 Å². The molecule has 1 heterocycles. The topological polar surface area (TPSA) is 93.0 Å². The third-order valence-corrected chi connectivity index (χ3v) is 3.68. The lowest BCUT2D eigenvalue weighted by molar-refractivity contribution is 0.602. The number of benzene rings is 1. The van der Waals surface area contributed by atoms with Crippen LogP contribution in [0.4, 0.5) is 5.69 Å². The van der Waals surface area contributed by atoms with E-state index in [1.807, 2.05) is 0 Å². The largest absolute Gasteiger partial charge is 0.394 e. The molecule has 0 spiro atoms. The highest BCUT2D eigenvalue weighted by atomic mass is 32.2. The monoisotopic (exact) mass is 264 g/mol. The van der Waals surface area contributed by atoms with Gasteiger partial charge in [0.25, 0.3) is 5.56 Å². The van der Waals surface area contributed by atoms with E-state index in [1.165, 1.54) is 18.3 Å². The molecule has 1 aromatic heterocycles. The highest BCUT2D eigenvalue weighted by Gasteiger charge is 2.07. The van der Waals surface area contributed by atoms with Crippen molar-refractivity contribution in [1.29, 1.82) is 0 Å². The Hall–Kier alpha value is -2.08. The lowest BCUT2D eigenvalue weighted by atomic mass is 10.1. The van der Waals surface area contributed by atoms with E-state index in [2.05, 4.69) is 4.98 Å². The van der Waals surface area contributed by atoms with Crippen molar-refractivity contribution in [2.75, 3.05) is 12.0 Å². The second-order valence-electron chi connectivity index (χ2n) is 3.97. The van der Waals surface area contributed by atoms with E-state index >= 15 is 0 Å². The van der Waals surface area contributed by atoms with Gasteiger partial charge in [0, 0.05) is 18.0 Å². The number of nitrogens with two attached hydrogens (primary N) is 1. The average molecular weight is 264 g/mol. The zero-order chi connectivity index (χ0) is 13.3. The molecule has 0 saturated carbocycles. The Balaban J connectivity index is 2.46. The third-order valence-electron chi connectivity index (χ3n) is 2.55.